The molecule has 0 amide bonds. The predicted octanol–water partition coefficient (Wildman–Crippen LogP) is 34.4. The largest absolute Gasteiger partial charge is 0.310 e. The minimum Gasteiger partial charge on any atom is -0.310 e. The van der Waals surface area contributed by atoms with Crippen molar-refractivity contribution in [3.63, 3.8) is 0 Å². The van der Waals surface area contributed by atoms with E-state index in [1.807, 2.05) is 0 Å². The van der Waals surface area contributed by atoms with E-state index in [9.17, 15) is 0 Å². The van der Waals surface area contributed by atoms with Crippen LogP contribution in [-0.2, 0) is 21.7 Å². The lowest BCUT2D eigenvalue weighted by molar-refractivity contribution is 0.590. The third-order valence-electron chi connectivity index (χ3n) is 23.6. The lowest BCUT2D eigenvalue weighted by Gasteiger charge is -2.36. The Morgan fingerprint density at radius 3 is 0.581 bits per heavy atom. The summed E-state index contributed by atoms with van der Waals surface area (Å²) in [6.07, 6.45) is 0. The maximum atomic E-state index is 2.56. The van der Waals surface area contributed by atoms with Crippen LogP contribution in [-0.4, -0.2) is 0 Å². The summed E-state index contributed by atoms with van der Waals surface area (Å²) < 4.78 is 0. The second kappa shape index (κ2) is 34.9. The Labute approximate surface area is 735 Å². The third-order valence-corrected chi connectivity index (χ3v) is 23.6. The average molecular weight is 1610 g/mol. The smallest absolute Gasteiger partial charge is 0.0618 e. The zero-order chi connectivity index (χ0) is 85.7. The Balaban J connectivity index is 0.983. The van der Waals surface area contributed by atoms with Crippen LogP contribution in [0.2, 0.25) is 0 Å². The Hall–Kier alpha value is -14.5. The van der Waals surface area contributed by atoms with Gasteiger partial charge < -0.3 is 29.4 Å². The lowest BCUT2D eigenvalue weighted by Crippen LogP contribution is -2.18. The van der Waals surface area contributed by atoms with Crippen molar-refractivity contribution in [2.24, 2.45) is 0 Å². The second-order valence-corrected chi connectivity index (χ2v) is 36.3. The summed E-state index contributed by atoms with van der Waals surface area (Å²) in [4.78, 5) is 14.8. The number of hydrogen-bond acceptors (Lipinski definition) is 6. The summed E-state index contributed by atoms with van der Waals surface area (Å²) in [6, 6.07) is 162. The van der Waals surface area contributed by atoms with E-state index >= 15 is 0 Å². The first-order valence-electron chi connectivity index (χ1n) is 43.4. The monoisotopic (exact) mass is 1610 g/mol. The molecule has 0 aliphatic heterocycles. The third kappa shape index (κ3) is 17.6. The van der Waals surface area contributed by atoms with Crippen molar-refractivity contribution in [2.75, 3.05) is 29.4 Å². The number of nitrogens with zero attached hydrogens (tertiary/aromatic N) is 6. The number of benzene rings is 17. The summed E-state index contributed by atoms with van der Waals surface area (Å²) in [5.41, 5.74) is 31.2. The summed E-state index contributed by atoms with van der Waals surface area (Å²) in [6.45, 7) is 27.5. The van der Waals surface area contributed by atoms with Gasteiger partial charge in [-0.1, -0.05) is 368 Å². The summed E-state index contributed by atoms with van der Waals surface area (Å²) in [7, 11) is 0. The van der Waals surface area contributed by atoms with E-state index in [0.29, 0.717) is 0 Å². The molecule has 0 bridgehead atoms. The number of rotatable bonds is 22. The normalized spacial score (nSPS) is 11.7. The molecule has 610 valence electrons. The van der Waals surface area contributed by atoms with Crippen molar-refractivity contribution < 1.29 is 0 Å². The molecule has 0 aromatic heterocycles. The van der Waals surface area contributed by atoms with Gasteiger partial charge in [0.15, 0.2) is 0 Å². The quantitative estimate of drug-likeness (QED) is 0.0669. The van der Waals surface area contributed by atoms with Crippen molar-refractivity contribution in [3.05, 3.63) is 459 Å². The van der Waals surface area contributed by atoms with Gasteiger partial charge in [-0.05, 0) is 218 Å². The molecule has 0 unspecified atom stereocenters. The van der Waals surface area contributed by atoms with Gasteiger partial charge in [0.1, 0.15) is 0 Å². The fourth-order valence-electron chi connectivity index (χ4n) is 17.0. The highest BCUT2D eigenvalue weighted by Crippen LogP contribution is 2.55. The Kier molecular flexibility index (Phi) is 23.1. The predicted molar refractivity (Wildman–Crippen MR) is 531 cm³/mol. The number of para-hydroxylation sites is 10. The molecule has 0 N–H and O–H groups in total. The van der Waals surface area contributed by atoms with E-state index in [1.54, 1.807) is 0 Å². The van der Waals surface area contributed by atoms with Crippen molar-refractivity contribution in [3.8, 4) is 44.5 Å². The maximum Gasteiger partial charge on any atom is 0.0618 e. The van der Waals surface area contributed by atoms with Crippen LogP contribution in [0.1, 0.15) is 105 Å². The van der Waals surface area contributed by atoms with E-state index in [2.05, 4.69) is 549 Å². The maximum absolute atomic E-state index is 2.56. The van der Waals surface area contributed by atoms with E-state index in [1.165, 1.54) is 22.3 Å². The number of anilines is 18. The topological polar surface area (TPSA) is 19.4 Å². The zero-order valence-corrected chi connectivity index (χ0v) is 73.3. The lowest BCUT2D eigenvalue weighted by atomic mass is 9.85. The highest BCUT2D eigenvalue weighted by Gasteiger charge is 2.31. The van der Waals surface area contributed by atoms with Crippen LogP contribution in [0, 0.1) is 0 Å². The Morgan fingerprint density at radius 2 is 0.315 bits per heavy atom. The average Bonchev–Trinajstić information content (AvgIpc) is 0.743. The first-order valence-corrected chi connectivity index (χ1v) is 43.4. The van der Waals surface area contributed by atoms with Gasteiger partial charge in [0.05, 0.1) is 51.2 Å². The summed E-state index contributed by atoms with van der Waals surface area (Å²) in [5, 5.41) is 0. The van der Waals surface area contributed by atoms with Gasteiger partial charge >= 0.3 is 0 Å². The molecular formula is C118H108N6. The fourth-order valence-corrected chi connectivity index (χ4v) is 17.0. The van der Waals surface area contributed by atoms with Crippen LogP contribution in [0.25, 0.3) is 44.5 Å². The first-order chi connectivity index (χ1) is 60.1. The molecule has 0 fully saturated rings. The highest BCUT2D eigenvalue weighted by molar-refractivity contribution is 6.02. The minimum atomic E-state index is -0.0918. The first kappa shape index (κ1) is 81.9. The summed E-state index contributed by atoms with van der Waals surface area (Å²) >= 11 is 0. The molecule has 6 heteroatoms. The molecule has 0 aliphatic rings. The van der Waals surface area contributed by atoms with Crippen molar-refractivity contribution >= 4 is 102 Å². The van der Waals surface area contributed by atoms with Gasteiger partial charge in [-0.25, -0.2) is 0 Å². The molecule has 17 rings (SSSR count). The Bertz CT molecular complexity index is 6050. The van der Waals surface area contributed by atoms with E-state index in [0.717, 1.165) is 147 Å². The van der Waals surface area contributed by atoms with Crippen LogP contribution in [0.5, 0.6) is 0 Å². The molecule has 0 spiro atoms. The summed E-state index contributed by atoms with van der Waals surface area (Å²) in [5.74, 6) is 0. The molecule has 6 nitrogen and oxygen atoms in total. The molecule has 17 aromatic rings. The van der Waals surface area contributed by atoms with E-state index in [-0.39, 0.29) is 21.7 Å². The number of hydrogen-bond donors (Lipinski definition) is 0. The van der Waals surface area contributed by atoms with Gasteiger partial charge in [-0.2, -0.15) is 0 Å². The van der Waals surface area contributed by atoms with Gasteiger partial charge in [0, 0.05) is 73.4 Å². The molecule has 0 heterocycles. The van der Waals surface area contributed by atoms with Crippen LogP contribution in [0.15, 0.2) is 437 Å². The van der Waals surface area contributed by atoms with Crippen LogP contribution in [0.3, 0.4) is 0 Å². The highest BCUT2D eigenvalue weighted by atomic mass is 15.2. The fraction of sp³-hybridized carbons (Fsp3) is 0.136. The van der Waals surface area contributed by atoms with Gasteiger partial charge in [-0.3, -0.25) is 0 Å². The molecule has 17 aromatic carbocycles. The SMILES string of the molecule is CC(C)(C)c1ccc(-c2ccccc2N(c2ccccc2)c2cc(N(c3ccccc3)c3cccc(N(c4cc(N(c5ccccc5)c5ccccc5)cc(N(c5ccccc5)c5ccccc5)c4)c4c(-c5ccc(C(C)(C)C)cc5)cccc4-c4ccc(C(C)(C)C)cc4)c3)cc(N(c3ccccc3)c3ccccc3-c3ccc(C(C)(C)C)cc3)c2)cc1. The Morgan fingerprint density at radius 1 is 0.137 bits per heavy atom. The van der Waals surface area contributed by atoms with Gasteiger partial charge in [0.25, 0.3) is 0 Å². The van der Waals surface area contributed by atoms with E-state index in [4.69, 9.17) is 0 Å². The molecule has 0 aliphatic carbocycles. The van der Waals surface area contributed by atoms with Crippen molar-refractivity contribution in [2.45, 2.75) is 105 Å². The zero-order valence-electron chi connectivity index (χ0n) is 73.3. The molecule has 124 heavy (non-hydrogen) atoms. The molecule has 0 radical (unpaired) electrons. The standard InChI is InChI=1S/C118H108N6/c1-115(2,3)89-70-62-85(63-71-89)108-56-34-36-60-112(108)122(98-50-30-18-31-51-98)105-80-104(81-106(84-105)123(99-52-32-19-33-53-99)113-61-37-35-57-109(113)86-64-72-90(73-65-86)116(4,5)6)121(97-48-28-17-29-49-97)100-54-38-55-101(78-100)124(114-110(87-66-74-91(75-67-87)117(7,8)9)58-39-59-111(114)88-68-76-92(77-69-88)118(10,11)12)107-82-102(119(93-40-20-13-21-41-93)94-42-22-14-23-43-94)79-103(83-107)120(95-44-24-15-25-45-95)96-46-26-16-27-47-96/h13-84H,1-12H3. The second-order valence-electron chi connectivity index (χ2n) is 36.3. The van der Waals surface area contributed by atoms with Gasteiger partial charge in [-0.15, -0.1) is 0 Å². The van der Waals surface area contributed by atoms with E-state index < -0.39 is 0 Å². The molecule has 0 saturated carbocycles. The molecular weight excluding hydrogens is 1500 g/mol. The van der Waals surface area contributed by atoms with Crippen molar-refractivity contribution in [1.82, 2.24) is 0 Å². The van der Waals surface area contributed by atoms with Crippen molar-refractivity contribution in [1.29, 1.82) is 0 Å². The van der Waals surface area contributed by atoms with Crippen LogP contribution >= 0.6 is 0 Å². The minimum absolute atomic E-state index is 0.0353. The van der Waals surface area contributed by atoms with Crippen LogP contribution in [0.4, 0.5) is 102 Å². The van der Waals surface area contributed by atoms with Crippen LogP contribution < -0.4 is 29.4 Å². The molecule has 0 saturated heterocycles. The van der Waals surface area contributed by atoms with Gasteiger partial charge in [0.2, 0.25) is 0 Å². The molecule has 0 atom stereocenters.